The topological polar surface area (TPSA) is 178 Å². The Morgan fingerprint density at radius 2 is 0.827 bits per heavy atom. The van der Waals surface area contributed by atoms with Crippen LogP contribution in [0, 0.1) is 36.8 Å². The molecule has 8 bridgehead atoms. The van der Waals surface area contributed by atoms with Crippen LogP contribution in [0.2, 0.25) is 39.3 Å². The first-order valence-corrected chi connectivity index (χ1v) is 33.7. The van der Waals surface area contributed by atoms with Crippen LogP contribution in [-0.4, -0.2) is 92.7 Å². The van der Waals surface area contributed by atoms with E-state index in [4.69, 9.17) is 48.4 Å². The van der Waals surface area contributed by atoms with E-state index in [9.17, 15) is 19.2 Å². The first-order valence-electron chi connectivity index (χ1n) is 26.7. The van der Waals surface area contributed by atoms with Crippen LogP contribution in [0.3, 0.4) is 0 Å². The van der Waals surface area contributed by atoms with Crippen LogP contribution in [0.15, 0.2) is 48.5 Å². The van der Waals surface area contributed by atoms with E-state index < -0.39 is 40.0 Å². The van der Waals surface area contributed by atoms with Gasteiger partial charge in [0.2, 0.25) is 0 Å². The molecule has 0 spiro atoms. The molecule has 5 heterocycles. The number of hydrogen-bond acceptors (Lipinski definition) is 12. The van der Waals surface area contributed by atoms with Crippen molar-refractivity contribution in [2.24, 2.45) is 0 Å². The Morgan fingerprint density at radius 1 is 0.494 bits per heavy atom. The Labute approximate surface area is 491 Å². The monoisotopic (exact) mass is 1180 g/mol. The maximum atomic E-state index is 13.1. The smallest absolute Gasteiger partial charge is 0.657 e. The van der Waals surface area contributed by atoms with E-state index in [0.29, 0.717) is 78.6 Å². The summed E-state index contributed by atoms with van der Waals surface area (Å²) >= 11 is 0. The molecular formula is C64H72N4O10Si2Zn. The number of methoxy groups -OCH3 is 6. The molecule has 17 heteroatoms. The normalized spacial score (nSPS) is 12.1. The van der Waals surface area contributed by atoms with Crippen LogP contribution in [0.4, 0.5) is 0 Å². The maximum Gasteiger partial charge on any atom is 2.00 e. The molecule has 418 valence electrons. The average Bonchev–Trinajstić information content (AvgIpc) is 4.32. The Kier molecular flexibility index (Phi) is 20.6. The minimum atomic E-state index is -1.84. The molecule has 0 saturated carbocycles. The number of fused-ring (bicyclic) bond motifs is 8. The van der Waals surface area contributed by atoms with Crippen molar-refractivity contribution >= 4 is 84.4 Å². The summed E-state index contributed by atoms with van der Waals surface area (Å²) in [4.78, 5) is 74.7. The number of carbonyl (C=O) groups is 4. The summed E-state index contributed by atoms with van der Waals surface area (Å²) < 4.78 is 33.2. The molecule has 0 N–H and O–H groups in total. The number of esters is 4. The molecule has 7 rings (SSSR count). The van der Waals surface area contributed by atoms with Crippen LogP contribution in [0.5, 0.6) is 11.5 Å². The fourth-order valence-corrected chi connectivity index (χ4v) is 11.0. The van der Waals surface area contributed by atoms with Crippen LogP contribution >= 0.6 is 0 Å². The first-order chi connectivity index (χ1) is 37.9. The zero-order chi connectivity index (χ0) is 58.4. The fraction of sp³-hybridized carbons (Fsp3) is 0.375. The van der Waals surface area contributed by atoms with Gasteiger partial charge in [-0.05, 0) is 123 Å². The van der Waals surface area contributed by atoms with Crippen molar-refractivity contribution in [3.63, 3.8) is 0 Å². The second kappa shape index (κ2) is 26.5. The zero-order valence-electron chi connectivity index (χ0n) is 49.9. The Morgan fingerprint density at radius 3 is 1.14 bits per heavy atom. The van der Waals surface area contributed by atoms with Crippen LogP contribution in [0.25, 0.3) is 66.6 Å². The van der Waals surface area contributed by atoms with E-state index in [1.807, 2.05) is 76.2 Å². The van der Waals surface area contributed by atoms with Crippen LogP contribution < -0.4 is 19.4 Å². The number of benzene rings is 2. The average molecular weight is 1180 g/mol. The summed E-state index contributed by atoms with van der Waals surface area (Å²) in [6, 6.07) is 15.6. The van der Waals surface area contributed by atoms with Gasteiger partial charge in [-0.15, -0.1) is 33.2 Å². The molecule has 0 amide bonds. The third kappa shape index (κ3) is 14.4. The van der Waals surface area contributed by atoms with Gasteiger partial charge in [-0.1, -0.05) is 85.5 Å². The Hall–Kier alpha value is -7.30. The number of aromatic nitrogens is 4. The van der Waals surface area contributed by atoms with E-state index in [1.165, 1.54) is 28.4 Å². The summed E-state index contributed by atoms with van der Waals surface area (Å²) in [5, 5.41) is 0. The maximum absolute atomic E-state index is 13.1. The second-order valence-electron chi connectivity index (χ2n) is 22.0. The van der Waals surface area contributed by atoms with E-state index in [1.54, 1.807) is 14.2 Å². The molecule has 0 radical (unpaired) electrons. The van der Waals surface area contributed by atoms with Crippen LogP contribution in [-0.2, 0) is 70.4 Å². The standard InChI is InChI=1S/C64H72N4O10Si2.Zn/c1-37-43(19-25-55(69)75-7)49-35-50-45(21-27-57(71)77-9)39(3)63(67-50)60(48-34-42(18-24-54(48)74-6)30-32-80(14,15)16)64-40(4)46(22-28-58(72)78-10)52(68-64)36-51-44(20-26-56(70)76-8)38(2)62(66-51)59(61(37)65-49)47-33-41(17-23-53(47)73-5)29-31-79(11,12)13;/h17-18,23-24,33-36H,19-22,25-28H2,1-16H3;/q-2;+2. The molecule has 0 aliphatic carbocycles. The molecule has 0 unspecified atom stereocenters. The quantitative estimate of drug-likeness (QED) is 0.0394. The summed E-state index contributed by atoms with van der Waals surface area (Å²) in [6.07, 6.45) is 1.26. The molecule has 0 fully saturated rings. The van der Waals surface area contributed by atoms with E-state index in [2.05, 4.69) is 62.2 Å². The minimum absolute atomic E-state index is 0. The second-order valence-corrected chi connectivity index (χ2v) is 31.5. The van der Waals surface area contributed by atoms with Gasteiger partial charge >= 0.3 is 43.4 Å². The predicted molar refractivity (Wildman–Crippen MR) is 321 cm³/mol. The first kappa shape index (κ1) is 62.9. The third-order valence-corrected chi connectivity index (χ3v) is 16.0. The number of hydrogen-bond donors (Lipinski definition) is 0. The largest absolute Gasteiger partial charge is 2.00 e. The number of carbonyl (C=O) groups excluding carboxylic acids is 4. The van der Waals surface area contributed by atoms with Gasteiger partial charge in [0.05, 0.1) is 65.4 Å². The van der Waals surface area contributed by atoms with E-state index >= 15 is 0 Å². The van der Waals surface area contributed by atoms with Crippen molar-refractivity contribution in [3.05, 3.63) is 105 Å². The van der Waals surface area contributed by atoms with Gasteiger partial charge in [-0.3, -0.25) is 19.2 Å². The number of rotatable bonds is 16. The minimum Gasteiger partial charge on any atom is -0.657 e. The van der Waals surface area contributed by atoms with Gasteiger partial charge < -0.3 is 38.4 Å². The van der Waals surface area contributed by atoms with Crippen LogP contribution in [0.1, 0.15) is 109 Å². The van der Waals surface area contributed by atoms with Gasteiger partial charge in [0.1, 0.15) is 27.6 Å². The molecular weight excluding hydrogens is 1110 g/mol. The van der Waals surface area contributed by atoms with Gasteiger partial charge in [0.25, 0.3) is 0 Å². The molecule has 81 heavy (non-hydrogen) atoms. The molecule has 0 atom stereocenters. The molecule has 2 aromatic carbocycles. The molecule has 2 aliphatic rings. The van der Waals surface area contributed by atoms with Gasteiger partial charge in [0, 0.05) is 47.9 Å². The van der Waals surface area contributed by atoms with Crippen molar-refractivity contribution in [1.29, 1.82) is 0 Å². The van der Waals surface area contributed by atoms with E-state index in [0.717, 1.165) is 55.7 Å². The molecule has 5 aromatic rings. The summed E-state index contributed by atoms with van der Waals surface area (Å²) in [5.74, 6) is 6.40. The number of allylic oxidation sites excluding steroid dienone is 4. The Balaban J connectivity index is 0.0000106. The van der Waals surface area contributed by atoms with Crippen molar-refractivity contribution < 1.29 is 67.1 Å². The predicted octanol–water partition coefficient (Wildman–Crippen LogP) is 12.0. The van der Waals surface area contributed by atoms with E-state index in [-0.39, 0.29) is 70.8 Å². The number of ether oxygens (including phenoxy) is 6. The van der Waals surface area contributed by atoms with Gasteiger partial charge in [-0.25, -0.2) is 9.97 Å². The summed E-state index contributed by atoms with van der Waals surface area (Å²) in [7, 11) is 5.03. The zero-order valence-corrected chi connectivity index (χ0v) is 54.8. The van der Waals surface area contributed by atoms with Crippen molar-refractivity contribution in [2.45, 2.75) is 118 Å². The van der Waals surface area contributed by atoms with Gasteiger partial charge in [0.15, 0.2) is 0 Å². The summed E-state index contributed by atoms with van der Waals surface area (Å²) in [6.45, 7) is 21.1. The Bertz CT molecular complexity index is 3460. The number of aryl methyl sites for hydroxylation is 4. The van der Waals surface area contributed by atoms with Crippen molar-refractivity contribution in [3.8, 4) is 56.7 Å². The third-order valence-electron chi connectivity index (χ3n) is 14.2. The van der Waals surface area contributed by atoms with Gasteiger partial charge in [-0.2, -0.15) is 0 Å². The van der Waals surface area contributed by atoms with Crippen molar-refractivity contribution in [2.75, 3.05) is 42.7 Å². The molecule has 2 aliphatic heterocycles. The van der Waals surface area contributed by atoms with Crippen molar-refractivity contribution in [1.82, 2.24) is 19.9 Å². The number of nitrogens with zero attached hydrogens (tertiary/aromatic N) is 4. The molecule has 0 saturated heterocycles. The fourth-order valence-electron chi connectivity index (χ4n) is 9.93. The molecule has 3 aromatic heterocycles. The summed E-state index contributed by atoms with van der Waals surface area (Å²) in [5.41, 5.74) is 21.8. The molecule has 14 nitrogen and oxygen atoms in total. The SMILES string of the molecule is COC(=O)CCC1=C(C)c2nc1cc1[n-]c(c(C)c1CCC(=O)OC)c(-c1cc(C#C[Si](C)(C)C)ccc1OC)c1nc(cc3[n-]c(c(C)c3CCC(=O)OC)c2-c2cc(C#C[Si](C)(C)C)ccc2OC)C(CCC(=O)OC)=C1C.[Zn+2].